The molecule has 1 unspecified atom stereocenters. The fraction of sp³-hybridized carbons (Fsp3) is 0.375. The normalized spacial score (nSPS) is 12.1. The van der Waals surface area contributed by atoms with Gasteiger partial charge in [0, 0.05) is 18.2 Å². The van der Waals surface area contributed by atoms with Crippen LogP contribution >= 0.6 is 0 Å². The summed E-state index contributed by atoms with van der Waals surface area (Å²) in [5, 5.41) is 3.50. The van der Waals surface area contributed by atoms with Gasteiger partial charge in [0.15, 0.2) is 0 Å². The summed E-state index contributed by atoms with van der Waals surface area (Å²) in [6.07, 6.45) is 6.67. The molecule has 0 aliphatic heterocycles. The van der Waals surface area contributed by atoms with Gasteiger partial charge in [-0.05, 0) is 55.3 Å². The lowest BCUT2D eigenvalue weighted by molar-refractivity contribution is 0.306. The summed E-state index contributed by atoms with van der Waals surface area (Å²) in [7, 11) is 0. The van der Waals surface area contributed by atoms with E-state index in [-0.39, 0.29) is 5.82 Å². The van der Waals surface area contributed by atoms with Gasteiger partial charge in [-0.2, -0.15) is 0 Å². The second-order valence-electron chi connectivity index (χ2n) is 7.36. The van der Waals surface area contributed by atoms with E-state index in [1.54, 1.807) is 18.4 Å². The Morgan fingerprint density at radius 1 is 1.07 bits per heavy atom. The number of unbranched alkanes of at least 4 members (excludes halogenated alkanes) is 2. The molecule has 0 saturated heterocycles. The zero-order valence-electron chi connectivity index (χ0n) is 17.2. The van der Waals surface area contributed by atoms with Gasteiger partial charge in [-0.25, -0.2) is 9.37 Å². The minimum Gasteiger partial charge on any atom is -0.489 e. The van der Waals surface area contributed by atoms with Crippen LogP contribution in [0.15, 0.2) is 59.2 Å². The topological polar surface area (TPSA) is 47.3 Å². The van der Waals surface area contributed by atoms with Crippen molar-refractivity contribution in [1.82, 2.24) is 10.3 Å². The second-order valence-corrected chi connectivity index (χ2v) is 7.36. The number of oxazole rings is 1. The highest BCUT2D eigenvalue weighted by Gasteiger charge is 2.09. The minimum atomic E-state index is -0.246. The number of rotatable bonds is 11. The van der Waals surface area contributed by atoms with Gasteiger partial charge in [0.25, 0.3) is 0 Å². The first-order valence-electron chi connectivity index (χ1n) is 10.3. The quantitative estimate of drug-likeness (QED) is 0.397. The summed E-state index contributed by atoms with van der Waals surface area (Å²) in [6.45, 7) is 5.53. The lowest BCUT2D eigenvalue weighted by Gasteiger charge is -2.11. The van der Waals surface area contributed by atoms with Crippen molar-refractivity contribution < 1.29 is 13.5 Å². The highest BCUT2D eigenvalue weighted by atomic mass is 19.1. The number of hydrogen-bond acceptors (Lipinski definition) is 4. The number of nitrogens with one attached hydrogen (secondary N) is 1. The van der Waals surface area contributed by atoms with Crippen molar-refractivity contribution in [1.29, 1.82) is 0 Å². The minimum absolute atomic E-state index is 0.246. The first-order chi connectivity index (χ1) is 14.1. The van der Waals surface area contributed by atoms with Gasteiger partial charge < -0.3 is 14.5 Å². The van der Waals surface area contributed by atoms with E-state index in [4.69, 9.17) is 9.15 Å². The molecule has 1 heterocycles. The molecule has 1 N–H and O–H groups in total. The van der Waals surface area contributed by atoms with Crippen LogP contribution in [0, 0.1) is 5.82 Å². The zero-order chi connectivity index (χ0) is 20.5. The molecular formula is C24H29FN2O2. The summed E-state index contributed by atoms with van der Waals surface area (Å²) in [6, 6.07) is 14.4. The average molecular weight is 397 g/mol. The number of halogens is 1. The van der Waals surface area contributed by atoms with E-state index in [1.807, 2.05) is 24.3 Å². The molecule has 0 fully saturated rings. The molecule has 1 aromatic heterocycles. The number of aromatic nitrogens is 1. The van der Waals surface area contributed by atoms with Crippen LogP contribution in [0.5, 0.6) is 5.75 Å². The Labute approximate surface area is 172 Å². The summed E-state index contributed by atoms with van der Waals surface area (Å²) < 4.78 is 24.3. The molecule has 5 heteroatoms. The Hall–Kier alpha value is -2.66. The van der Waals surface area contributed by atoms with E-state index >= 15 is 0 Å². The molecule has 0 saturated carbocycles. The van der Waals surface area contributed by atoms with Crippen molar-refractivity contribution in [2.45, 2.75) is 58.7 Å². The average Bonchev–Trinajstić information content (AvgIpc) is 3.21. The van der Waals surface area contributed by atoms with Crippen molar-refractivity contribution in [2.24, 2.45) is 0 Å². The van der Waals surface area contributed by atoms with E-state index in [0.717, 1.165) is 22.6 Å². The Morgan fingerprint density at radius 2 is 1.83 bits per heavy atom. The van der Waals surface area contributed by atoms with Gasteiger partial charge in [-0.15, -0.1) is 0 Å². The molecule has 29 heavy (non-hydrogen) atoms. The van der Waals surface area contributed by atoms with E-state index in [9.17, 15) is 4.39 Å². The highest BCUT2D eigenvalue weighted by Crippen LogP contribution is 2.22. The summed E-state index contributed by atoms with van der Waals surface area (Å²) >= 11 is 0. The van der Waals surface area contributed by atoms with Crippen molar-refractivity contribution >= 4 is 0 Å². The van der Waals surface area contributed by atoms with Crippen molar-refractivity contribution in [3.63, 3.8) is 0 Å². The van der Waals surface area contributed by atoms with Crippen LogP contribution in [-0.2, 0) is 13.2 Å². The van der Waals surface area contributed by atoms with Crippen LogP contribution in [-0.4, -0.2) is 11.0 Å². The number of ether oxygens (including phenoxy) is 1. The van der Waals surface area contributed by atoms with Gasteiger partial charge in [-0.3, -0.25) is 0 Å². The molecule has 0 radical (unpaired) electrons. The molecular weight excluding hydrogens is 367 g/mol. The largest absolute Gasteiger partial charge is 0.489 e. The standard InChI is InChI=1S/C24H29FN2O2/c1-3-4-5-6-18(2)26-15-22-17-29-24(27-22)20-9-13-23(14-10-20)28-16-19-7-11-21(25)12-8-19/h7-14,17-18,26H,3-6,15-16H2,1-2H3. The third kappa shape index (κ3) is 6.71. The van der Waals surface area contributed by atoms with E-state index in [2.05, 4.69) is 24.1 Å². The molecule has 0 aliphatic carbocycles. The zero-order valence-corrected chi connectivity index (χ0v) is 17.2. The maximum Gasteiger partial charge on any atom is 0.226 e. The molecule has 0 bridgehead atoms. The number of benzene rings is 2. The molecule has 3 aromatic rings. The smallest absolute Gasteiger partial charge is 0.226 e. The lowest BCUT2D eigenvalue weighted by Crippen LogP contribution is -2.25. The molecule has 0 aliphatic rings. The third-order valence-electron chi connectivity index (χ3n) is 4.84. The summed E-state index contributed by atoms with van der Waals surface area (Å²) in [5.41, 5.74) is 2.73. The van der Waals surface area contributed by atoms with Gasteiger partial charge in [-0.1, -0.05) is 38.3 Å². The molecule has 4 nitrogen and oxygen atoms in total. The van der Waals surface area contributed by atoms with Crippen molar-refractivity contribution in [3.8, 4) is 17.2 Å². The summed E-state index contributed by atoms with van der Waals surface area (Å²) in [5.74, 6) is 1.10. The molecule has 154 valence electrons. The van der Waals surface area contributed by atoms with Crippen LogP contribution in [0.4, 0.5) is 4.39 Å². The van der Waals surface area contributed by atoms with Gasteiger partial charge in [0.2, 0.25) is 5.89 Å². The van der Waals surface area contributed by atoms with Crippen LogP contribution in [0.3, 0.4) is 0 Å². The molecule has 1 atom stereocenters. The highest BCUT2D eigenvalue weighted by molar-refractivity contribution is 5.54. The maximum atomic E-state index is 12.9. The second kappa shape index (κ2) is 10.8. The SMILES string of the molecule is CCCCCC(C)NCc1coc(-c2ccc(OCc3ccc(F)cc3)cc2)n1. The van der Waals surface area contributed by atoms with Gasteiger partial charge in [0.1, 0.15) is 24.4 Å². The van der Waals surface area contributed by atoms with E-state index in [1.165, 1.54) is 37.8 Å². The first-order valence-corrected chi connectivity index (χ1v) is 10.3. The van der Waals surface area contributed by atoms with Gasteiger partial charge >= 0.3 is 0 Å². The van der Waals surface area contributed by atoms with Crippen molar-refractivity contribution in [3.05, 3.63) is 71.9 Å². The predicted octanol–water partition coefficient (Wildman–Crippen LogP) is 6.12. The Bertz CT molecular complexity index is 859. The number of nitrogens with zero attached hydrogens (tertiary/aromatic N) is 1. The predicted molar refractivity (Wildman–Crippen MR) is 113 cm³/mol. The van der Waals surface area contributed by atoms with Crippen LogP contribution in [0.25, 0.3) is 11.5 Å². The molecule has 0 spiro atoms. The Kier molecular flexibility index (Phi) is 7.82. The molecule has 0 amide bonds. The molecule has 2 aromatic carbocycles. The summed E-state index contributed by atoms with van der Waals surface area (Å²) in [4.78, 5) is 4.57. The van der Waals surface area contributed by atoms with Crippen LogP contribution in [0.1, 0.15) is 50.8 Å². The lowest BCUT2D eigenvalue weighted by atomic mass is 10.1. The van der Waals surface area contributed by atoms with Crippen molar-refractivity contribution in [2.75, 3.05) is 0 Å². The van der Waals surface area contributed by atoms with Crippen LogP contribution in [0.2, 0.25) is 0 Å². The fourth-order valence-corrected chi connectivity index (χ4v) is 3.04. The monoisotopic (exact) mass is 396 g/mol. The Morgan fingerprint density at radius 3 is 2.55 bits per heavy atom. The van der Waals surface area contributed by atoms with E-state index in [0.29, 0.717) is 25.1 Å². The van der Waals surface area contributed by atoms with E-state index < -0.39 is 0 Å². The van der Waals surface area contributed by atoms with Gasteiger partial charge in [0.05, 0.1) is 5.69 Å². The number of hydrogen-bond donors (Lipinski definition) is 1. The fourth-order valence-electron chi connectivity index (χ4n) is 3.04. The third-order valence-corrected chi connectivity index (χ3v) is 4.84. The Balaban J connectivity index is 1.49. The maximum absolute atomic E-state index is 12.9. The van der Waals surface area contributed by atoms with Crippen LogP contribution < -0.4 is 10.1 Å². The molecule has 3 rings (SSSR count). The first kappa shape index (κ1) is 21.1.